The molecule has 0 saturated carbocycles. The summed E-state index contributed by atoms with van der Waals surface area (Å²) in [6, 6.07) is 0. The molecular weight excluding hydrogens is 782 g/mol. The van der Waals surface area contributed by atoms with Gasteiger partial charge in [0.15, 0.2) is 0 Å². The van der Waals surface area contributed by atoms with Crippen molar-refractivity contribution in [3.8, 4) is 0 Å². The average Bonchev–Trinajstić information content (AvgIpc) is 3.22. The fourth-order valence-electron chi connectivity index (χ4n) is 6.03. The zero-order valence-corrected chi connectivity index (χ0v) is 40.5. The summed E-state index contributed by atoms with van der Waals surface area (Å²) < 4.78 is 34.9. The summed E-state index contributed by atoms with van der Waals surface area (Å²) in [6.07, 6.45) is 60.5. The number of ether oxygens (including phenoxy) is 2. The number of esters is 1. The van der Waals surface area contributed by atoms with Crippen molar-refractivity contribution in [2.75, 3.05) is 54.1 Å². The predicted octanol–water partition coefficient (Wildman–Crippen LogP) is 14.6. The zero-order chi connectivity index (χ0) is 44.8. The first-order valence-electron chi connectivity index (χ1n) is 24.0. The molecule has 0 aliphatic rings. The third kappa shape index (κ3) is 48.3. The SMILES string of the molecule is CC/C=C\C/C=C\C/C=C\C/C=C\CCCCCCCCCCCCCCCOCC(COP(=O)(O)OCC[N+](C)(C)C)OC(=O)CC/C=C\C/C=C\C/C=C\C/C=C\CC. The summed E-state index contributed by atoms with van der Waals surface area (Å²) in [5.74, 6) is -0.396. The minimum atomic E-state index is -4.30. The lowest BCUT2D eigenvalue weighted by molar-refractivity contribution is -0.870. The Morgan fingerprint density at radius 3 is 1.34 bits per heavy atom. The van der Waals surface area contributed by atoms with E-state index in [-0.39, 0.29) is 26.2 Å². The van der Waals surface area contributed by atoms with Crippen LogP contribution in [0.3, 0.4) is 0 Å². The lowest BCUT2D eigenvalue weighted by atomic mass is 10.0. The first-order chi connectivity index (χ1) is 29.6. The number of carbonyl (C=O) groups is 1. The number of quaternary nitrogens is 1. The van der Waals surface area contributed by atoms with Gasteiger partial charge in [-0.3, -0.25) is 13.8 Å². The average molecular weight is 873 g/mol. The van der Waals surface area contributed by atoms with Crippen molar-refractivity contribution in [2.24, 2.45) is 0 Å². The molecule has 0 heterocycles. The Kier molecular flexibility index (Phi) is 42.2. The Bertz CT molecular complexity index is 1290. The lowest BCUT2D eigenvalue weighted by Crippen LogP contribution is -2.37. The van der Waals surface area contributed by atoms with Crippen LogP contribution in [-0.2, 0) is 27.9 Å². The van der Waals surface area contributed by atoms with Gasteiger partial charge in [-0.05, 0) is 77.0 Å². The second-order valence-electron chi connectivity index (χ2n) is 16.7. The fourth-order valence-corrected chi connectivity index (χ4v) is 6.77. The maximum atomic E-state index is 12.7. The topological polar surface area (TPSA) is 91.3 Å². The highest BCUT2D eigenvalue weighted by Gasteiger charge is 2.26. The molecule has 0 spiro atoms. The number of hydrogen-bond donors (Lipinski definition) is 1. The predicted molar refractivity (Wildman–Crippen MR) is 261 cm³/mol. The molecule has 0 aromatic heterocycles. The van der Waals surface area contributed by atoms with Crippen molar-refractivity contribution in [3.63, 3.8) is 0 Å². The summed E-state index contributed by atoms with van der Waals surface area (Å²) in [6.45, 7) is 5.27. The largest absolute Gasteiger partial charge is 0.472 e. The first-order valence-corrected chi connectivity index (χ1v) is 25.5. The molecule has 0 fully saturated rings. The van der Waals surface area contributed by atoms with E-state index in [4.69, 9.17) is 18.5 Å². The van der Waals surface area contributed by atoms with Crippen LogP contribution in [0.5, 0.6) is 0 Å². The molecule has 0 aliphatic carbocycles. The molecule has 350 valence electrons. The van der Waals surface area contributed by atoms with Crippen LogP contribution in [0.25, 0.3) is 0 Å². The summed E-state index contributed by atoms with van der Waals surface area (Å²) in [5.41, 5.74) is 0. The van der Waals surface area contributed by atoms with Crippen LogP contribution < -0.4 is 0 Å². The lowest BCUT2D eigenvalue weighted by Gasteiger charge is -2.24. The standard InChI is InChI=1S/C52H90NO7P/c1-6-8-10-12-14-16-18-20-21-22-23-24-25-26-27-28-29-30-31-32-34-36-38-40-42-44-47-57-49-51(50-59-61(55,56)58-48-46-53(3,4)5)60-52(54)45-43-41-39-37-35-33-19-17-15-13-11-9-7-2/h8-11,14-17,20-21,23-24,33,35,39,41,51H,6-7,12-13,18-19,22,25-32,34,36-38,40,42-50H2,1-5H3/p+1/b10-8-,11-9-,16-14-,17-15-,21-20-,24-23-,35-33-,41-39-. The molecule has 2 unspecified atom stereocenters. The smallest absolute Gasteiger partial charge is 0.457 e. The van der Waals surface area contributed by atoms with E-state index in [9.17, 15) is 14.3 Å². The molecule has 61 heavy (non-hydrogen) atoms. The second kappa shape index (κ2) is 44.0. The number of phosphoric ester groups is 1. The molecule has 0 aromatic rings. The monoisotopic (exact) mass is 873 g/mol. The van der Waals surface area contributed by atoms with Gasteiger partial charge in [0, 0.05) is 13.0 Å². The molecular formula is C52H91NO7P+. The molecule has 2 atom stereocenters. The van der Waals surface area contributed by atoms with E-state index in [0.717, 1.165) is 64.2 Å². The van der Waals surface area contributed by atoms with Gasteiger partial charge in [-0.2, -0.15) is 0 Å². The van der Waals surface area contributed by atoms with Crippen molar-refractivity contribution in [1.82, 2.24) is 0 Å². The van der Waals surface area contributed by atoms with Gasteiger partial charge < -0.3 is 18.9 Å². The van der Waals surface area contributed by atoms with E-state index >= 15 is 0 Å². The Morgan fingerprint density at radius 1 is 0.508 bits per heavy atom. The molecule has 0 aliphatic heterocycles. The summed E-state index contributed by atoms with van der Waals surface area (Å²) in [4.78, 5) is 22.9. The van der Waals surface area contributed by atoms with Crippen molar-refractivity contribution in [3.05, 3.63) is 97.2 Å². The number of unbranched alkanes of at least 4 members (excludes halogenated alkanes) is 13. The maximum absolute atomic E-state index is 12.7. The van der Waals surface area contributed by atoms with Gasteiger partial charge in [0.05, 0.1) is 34.4 Å². The van der Waals surface area contributed by atoms with Gasteiger partial charge in [0.25, 0.3) is 0 Å². The highest BCUT2D eigenvalue weighted by atomic mass is 31.2. The van der Waals surface area contributed by atoms with Crippen LogP contribution in [0, 0.1) is 0 Å². The van der Waals surface area contributed by atoms with Crippen LogP contribution >= 0.6 is 7.82 Å². The normalized spacial score (nSPS) is 14.5. The highest BCUT2D eigenvalue weighted by Crippen LogP contribution is 2.43. The van der Waals surface area contributed by atoms with Gasteiger partial charge in [0.1, 0.15) is 19.3 Å². The van der Waals surface area contributed by atoms with E-state index < -0.39 is 19.9 Å². The van der Waals surface area contributed by atoms with Crippen LogP contribution in [0.1, 0.15) is 168 Å². The zero-order valence-electron chi connectivity index (χ0n) is 39.6. The fraction of sp³-hybridized carbons (Fsp3) is 0.673. The van der Waals surface area contributed by atoms with Crippen molar-refractivity contribution in [2.45, 2.75) is 174 Å². The van der Waals surface area contributed by atoms with E-state index in [2.05, 4.69) is 98.9 Å². The summed E-state index contributed by atoms with van der Waals surface area (Å²) in [7, 11) is 1.61. The molecule has 8 nitrogen and oxygen atoms in total. The number of nitrogens with zero attached hydrogens (tertiary/aromatic N) is 1. The molecule has 0 radical (unpaired) electrons. The van der Waals surface area contributed by atoms with Crippen molar-refractivity contribution >= 4 is 13.8 Å². The number of carbonyl (C=O) groups excluding carboxylic acids is 1. The van der Waals surface area contributed by atoms with Gasteiger partial charge >= 0.3 is 13.8 Å². The van der Waals surface area contributed by atoms with E-state index in [1.54, 1.807) is 0 Å². The Balaban J connectivity index is 4.15. The molecule has 0 bridgehead atoms. The van der Waals surface area contributed by atoms with E-state index in [1.165, 1.54) is 77.0 Å². The first kappa shape index (κ1) is 58.4. The molecule has 0 saturated heterocycles. The number of allylic oxidation sites excluding steroid dienone is 16. The van der Waals surface area contributed by atoms with Gasteiger partial charge in [-0.1, -0.05) is 182 Å². The van der Waals surface area contributed by atoms with E-state index in [1.807, 2.05) is 33.3 Å². The van der Waals surface area contributed by atoms with Crippen molar-refractivity contribution < 1.29 is 37.3 Å². The minimum Gasteiger partial charge on any atom is -0.457 e. The summed E-state index contributed by atoms with van der Waals surface area (Å²) in [5, 5.41) is 0. The molecule has 9 heteroatoms. The quantitative estimate of drug-likeness (QED) is 0.0214. The number of rotatable bonds is 43. The second-order valence-corrected chi connectivity index (χ2v) is 18.2. The van der Waals surface area contributed by atoms with Crippen molar-refractivity contribution in [1.29, 1.82) is 0 Å². The van der Waals surface area contributed by atoms with Gasteiger partial charge in [-0.15, -0.1) is 0 Å². The van der Waals surface area contributed by atoms with Crippen LogP contribution in [0.2, 0.25) is 0 Å². The molecule has 0 aromatic carbocycles. The third-order valence-electron chi connectivity index (χ3n) is 9.65. The molecule has 1 N–H and O–H groups in total. The number of phosphoric acid groups is 1. The third-order valence-corrected chi connectivity index (χ3v) is 10.6. The molecule has 0 amide bonds. The van der Waals surface area contributed by atoms with E-state index in [0.29, 0.717) is 24.1 Å². The Morgan fingerprint density at radius 2 is 0.902 bits per heavy atom. The van der Waals surface area contributed by atoms with Gasteiger partial charge in [0.2, 0.25) is 0 Å². The highest BCUT2D eigenvalue weighted by molar-refractivity contribution is 7.47. The Labute approximate surface area is 375 Å². The Hall–Kier alpha value is -2.58. The van der Waals surface area contributed by atoms with Crippen LogP contribution in [-0.4, -0.2) is 75.6 Å². The maximum Gasteiger partial charge on any atom is 0.472 e. The summed E-state index contributed by atoms with van der Waals surface area (Å²) >= 11 is 0. The van der Waals surface area contributed by atoms with Crippen LogP contribution in [0.15, 0.2) is 97.2 Å². The number of likely N-dealkylation sites (N-methyl/N-ethyl adjacent to an activating group) is 1. The van der Waals surface area contributed by atoms with Gasteiger partial charge in [-0.25, -0.2) is 4.57 Å². The molecule has 0 rings (SSSR count). The minimum absolute atomic E-state index is 0.0711. The number of hydrogen-bond acceptors (Lipinski definition) is 6. The van der Waals surface area contributed by atoms with Crippen LogP contribution in [0.4, 0.5) is 0 Å².